The molecule has 0 aliphatic heterocycles. The van der Waals surface area contributed by atoms with Crippen molar-refractivity contribution < 1.29 is 4.57 Å². The fraction of sp³-hybridized carbons (Fsp3) is 0.0968. The van der Waals surface area contributed by atoms with Gasteiger partial charge in [-0.1, -0.05) is 78.9 Å². The minimum absolute atomic E-state index is 1.04. The lowest BCUT2D eigenvalue weighted by atomic mass is 9.87. The molecule has 0 aliphatic carbocycles. The van der Waals surface area contributed by atoms with Gasteiger partial charge in [-0.25, -0.2) is 4.57 Å². The number of hydrogen-bond acceptors (Lipinski definition) is 1. The summed E-state index contributed by atoms with van der Waals surface area (Å²) in [6.45, 7) is 4.24. The predicted octanol–water partition coefficient (Wildman–Crippen LogP) is 7.19. The Morgan fingerprint density at radius 3 is 1.79 bits per heavy atom. The van der Waals surface area contributed by atoms with E-state index in [1.165, 1.54) is 44.5 Å². The number of aromatic nitrogens is 2. The van der Waals surface area contributed by atoms with Crippen LogP contribution in [0.5, 0.6) is 0 Å². The van der Waals surface area contributed by atoms with Crippen LogP contribution in [0.4, 0.5) is 0 Å². The van der Waals surface area contributed by atoms with Gasteiger partial charge in [0.25, 0.3) is 0 Å². The van der Waals surface area contributed by atoms with Crippen LogP contribution in [-0.4, -0.2) is 4.98 Å². The van der Waals surface area contributed by atoms with Crippen LogP contribution in [0.2, 0.25) is 0 Å². The van der Waals surface area contributed by atoms with E-state index in [9.17, 15) is 0 Å². The normalized spacial score (nSPS) is 10.9. The van der Waals surface area contributed by atoms with Crippen LogP contribution in [0.25, 0.3) is 44.6 Å². The van der Waals surface area contributed by atoms with Crippen molar-refractivity contribution in [3.8, 4) is 44.6 Å². The molecular formula is C31H27N2+. The second-order valence-electron chi connectivity index (χ2n) is 8.46. The maximum atomic E-state index is 4.58. The summed E-state index contributed by atoms with van der Waals surface area (Å²) in [5, 5.41) is 0. The van der Waals surface area contributed by atoms with Gasteiger partial charge in [-0.15, -0.1) is 0 Å². The minimum atomic E-state index is 1.04. The van der Waals surface area contributed by atoms with Crippen LogP contribution in [0, 0.1) is 13.8 Å². The molecule has 5 rings (SSSR count). The Morgan fingerprint density at radius 2 is 1.21 bits per heavy atom. The highest BCUT2D eigenvalue weighted by atomic mass is 14.9. The first-order chi connectivity index (χ1) is 16.1. The highest BCUT2D eigenvalue weighted by molar-refractivity contribution is 5.95. The highest BCUT2D eigenvalue weighted by Gasteiger charge is 2.20. The van der Waals surface area contributed by atoms with Gasteiger partial charge in [-0.2, -0.15) is 0 Å². The van der Waals surface area contributed by atoms with Gasteiger partial charge in [0.15, 0.2) is 6.20 Å². The largest absolute Gasteiger partial charge is 0.261 e. The summed E-state index contributed by atoms with van der Waals surface area (Å²) in [7, 11) is 2.10. The zero-order valence-electron chi connectivity index (χ0n) is 19.3. The first kappa shape index (κ1) is 20.8. The van der Waals surface area contributed by atoms with Crippen molar-refractivity contribution in [1.29, 1.82) is 0 Å². The standard InChI is InChI=1S/C31H27N2/c1-22-17-19-32-23(2)30(22)29-21-26(18-20-33(29)3)31-27(24-11-6-4-7-12-24)15-10-16-28(31)25-13-8-5-9-14-25/h4-21H,1-3H3/q+1. The van der Waals surface area contributed by atoms with Gasteiger partial charge in [-0.3, -0.25) is 4.98 Å². The lowest BCUT2D eigenvalue weighted by Gasteiger charge is -2.17. The van der Waals surface area contributed by atoms with Crippen LogP contribution >= 0.6 is 0 Å². The molecule has 0 unspecified atom stereocenters. The third-order valence-electron chi connectivity index (χ3n) is 6.28. The molecule has 0 aliphatic rings. The quantitative estimate of drug-likeness (QED) is 0.277. The fourth-order valence-corrected chi connectivity index (χ4v) is 4.63. The first-order valence-corrected chi connectivity index (χ1v) is 11.3. The van der Waals surface area contributed by atoms with Crippen LogP contribution in [-0.2, 0) is 7.05 Å². The van der Waals surface area contributed by atoms with E-state index in [0.717, 1.165) is 11.4 Å². The van der Waals surface area contributed by atoms with Crippen molar-refractivity contribution in [2.24, 2.45) is 7.05 Å². The molecule has 0 bridgehead atoms. The molecule has 0 saturated heterocycles. The summed E-state index contributed by atoms with van der Waals surface area (Å²) in [6.07, 6.45) is 4.04. The van der Waals surface area contributed by atoms with Crippen molar-refractivity contribution in [3.63, 3.8) is 0 Å². The van der Waals surface area contributed by atoms with E-state index in [1.807, 2.05) is 6.20 Å². The second kappa shape index (κ2) is 8.84. The van der Waals surface area contributed by atoms with Gasteiger partial charge in [0.1, 0.15) is 7.05 Å². The first-order valence-electron chi connectivity index (χ1n) is 11.3. The molecule has 0 spiro atoms. The van der Waals surface area contributed by atoms with Crippen molar-refractivity contribution in [2.45, 2.75) is 13.8 Å². The third kappa shape index (κ3) is 3.96. The van der Waals surface area contributed by atoms with Gasteiger partial charge in [0, 0.05) is 18.3 Å². The van der Waals surface area contributed by atoms with E-state index < -0.39 is 0 Å². The lowest BCUT2D eigenvalue weighted by Crippen LogP contribution is -2.31. The molecule has 3 aromatic carbocycles. The molecule has 0 fully saturated rings. The maximum Gasteiger partial charge on any atom is 0.214 e. The van der Waals surface area contributed by atoms with Crippen molar-refractivity contribution >= 4 is 0 Å². The number of nitrogens with zero attached hydrogens (tertiary/aromatic N) is 2. The number of pyridine rings is 2. The molecule has 0 N–H and O–H groups in total. The van der Waals surface area contributed by atoms with Crippen LogP contribution in [0.1, 0.15) is 11.3 Å². The maximum absolute atomic E-state index is 4.58. The summed E-state index contributed by atoms with van der Waals surface area (Å²) in [5.74, 6) is 0. The van der Waals surface area contributed by atoms with Crippen molar-refractivity contribution in [3.05, 3.63) is 121 Å². The number of benzene rings is 3. The van der Waals surface area contributed by atoms with E-state index in [-0.39, 0.29) is 0 Å². The Hall–Kier alpha value is -4.04. The monoisotopic (exact) mass is 427 g/mol. The predicted molar refractivity (Wildman–Crippen MR) is 137 cm³/mol. The molecule has 2 aromatic heterocycles. The number of hydrogen-bond donors (Lipinski definition) is 0. The molecule has 0 radical (unpaired) electrons. The smallest absolute Gasteiger partial charge is 0.214 e. The van der Waals surface area contributed by atoms with E-state index in [2.05, 4.69) is 134 Å². The topological polar surface area (TPSA) is 16.8 Å². The summed E-state index contributed by atoms with van der Waals surface area (Å²) >= 11 is 0. The highest BCUT2D eigenvalue weighted by Crippen LogP contribution is 2.40. The molecule has 2 heterocycles. The third-order valence-corrected chi connectivity index (χ3v) is 6.28. The Morgan fingerprint density at radius 1 is 0.606 bits per heavy atom. The Bertz CT molecular complexity index is 1340. The SMILES string of the molecule is Cc1ccnc(C)c1-c1cc(-c2c(-c3ccccc3)cccc2-c2ccccc2)cc[n+]1C. The van der Waals surface area contributed by atoms with E-state index in [1.54, 1.807) is 0 Å². The average molecular weight is 428 g/mol. The molecule has 0 amide bonds. The Labute approximate surface area is 195 Å². The van der Waals surface area contributed by atoms with E-state index in [0.29, 0.717) is 0 Å². The average Bonchev–Trinajstić information content (AvgIpc) is 2.86. The summed E-state index contributed by atoms with van der Waals surface area (Å²) < 4.78 is 2.19. The summed E-state index contributed by atoms with van der Waals surface area (Å²) in [4.78, 5) is 4.58. The van der Waals surface area contributed by atoms with Crippen molar-refractivity contribution in [1.82, 2.24) is 4.98 Å². The molecule has 0 saturated carbocycles. The summed E-state index contributed by atoms with van der Waals surface area (Å²) in [6, 6.07) is 34.5. The molecule has 2 heteroatoms. The second-order valence-corrected chi connectivity index (χ2v) is 8.46. The molecular weight excluding hydrogens is 400 g/mol. The van der Waals surface area contributed by atoms with Gasteiger partial charge in [-0.05, 0) is 58.9 Å². The van der Waals surface area contributed by atoms with E-state index >= 15 is 0 Å². The minimum Gasteiger partial charge on any atom is -0.261 e. The van der Waals surface area contributed by atoms with Crippen LogP contribution in [0.15, 0.2) is 109 Å². The summed E-state index contributed by atoms with van der Waals surface area (Å²) in [5.41, 5.74) is 12.0. The van der Waals surface area contributed by atoms with E-state index in [4.69, 9.17) is 0 Å². The Balaban J connectivity index is 1.81. The fourth-order valence-electron chi connectivity index (χ4n) is 4.63. The van der Waals surface area contributed by atoms with Gasteiger partial charge in [0.05, 0.1) is 11.3 Å². The van der Waals surface area contributed by atoms with Crippen LogP contribution < -0.4 is 4.57 Å². The lowest BCUT2D eigenvalue weighted by molar-refractivity contribution is -0.660. The van der Waals surface area contributed by atoms with Crippen molar-refractivity contribution in [2.75, 3.05) is 0 Å². The van der Waals surface area contributed by atoms with Gasteiger partial charge < -0.3 is 0 Å². The molecule has 2 nitrogen and oxygen atoms in total. The Kier molecular flexibility index (Phi) is 5.58. The molecule has 33 heavy (non-hydrogen) atoms. The van der Waals surface area contributed by atoms with Crippen LogP contribution in [0.3, 0.4) is 0 Å². The zero-order valence-corrected chi connectivity index (χ0v) is 19.3. The number of aryl methyl sites for hydroxylation is 3. The zero-order chi connectivity index (χ0) is 22.8. The van der Waals surface area contributed by atoms with Gasteiger partial charge in [0.2, 0.25) is 5.69 Å². The molecule has 160 valence electrons. The van der Waals surface area contributed by atoms with Gasteiger partial charge >= 0.3 is 0 Å². The molecule has 0 atom stereocenters. The molecule has 5 aromatic rings. The number of rotatable bonds is 4.